The SMILES string of the molecule is O=C(CCc1ccc2c(c1)OCCCO2)Nc1cccc(C(=O)N2CCCCC2)c1. The van der Waals surface area contributed by atoms with Crippen LogP contribution in [-0.2, 0) is 11.2 Å². The molecule has 0 aliphatic carbocycles. The molecule has 0 aromatic heterocycles. The molecular weight excluding hydrogens is 380 g/mol. The number of carbonyl (C=O) groups excluding carboxylic acids is 2. The number of rotatable bonds is 5. The first-order valence-electron chi connectivity index (χ1n) is 10.8. The summed E-state index contributed by atoms with van der Waals surface area (Å²) >= 11 is 0. The van der Waals surface area contributed by atoms with Crippen LogP contribution in [0, 0.1) is 0 Å². The maximum atomic E-state index is 12.7. The predicted octanol–water partition coefficient (Wildman–Crippen LogP) is 4.05. The summed E-state index contributed by atoms with van der Waals surface area (Å²) in [5.74, 6) is 1.47. The average Bonchev–Trinajstić information content (AvgIpc) is 3.03. The fourth-order valence-electron chi connectivity index (χ4n) is 3.85. The molecule has 30 heavy (non-hydrogen) atoms. The van der Waals surface area contributed by atoms with Crippen molar-refractivity contribution in [2.24, 2.45) is 0 Å². The van der Waals surface area contributed by atoms with Gasteiger partial charge < -0.3 is 19.7 Å². The Morgan fingerprint density at radius 2 is 1.70 bits per heavy atom. The number of nitrogens with zero attached hydrogens (tertiary/aromatic N) is 1. The van der Waals surface area contributed by atoms with E-state index in [1.54, 1.807) is 6.07 Å². The van der Waals surface area contributed by atoms with Crippen LogP contribution in [0.4, 0.5) is 5.69 Å². The topological polar surface area (TPSA) is 67.9 Å². The highest BCUT2D eigenvalue weighted by molar-refractivity contribution is 5.97. The molecule has 6 nitrogen and oxygen atoms in total. The third-order valence-corrected chi connectivity index (χ3v) is 5.49. The van der Waals surface area contributed by atoms with Crippen LogP contribution >= 0.6 is 0 Å². The molecule has 0 saturated carbocycles. The zero-order chi connectivity index (χ0) is 20.8. The van der Waals surface area contributed by atoms with Gasteiger partial charge in [0.1, 0.15) is 0 Å². The van der Waals surface area contributed by atoms with Crippen molar-refractivity contribution >= 4 is 17.5 Å². The molecule has 2 aromatic rings. The minimum Gasteiger partial charge on any atom is -0.490 e. The van der Waals surface area contributed by atoms with E-state index in [1.807, 2.05) is 41.3 Å². The molecule has 6 heteroatoms. The molecule has 2 heterocycles. The zero-order valence-electron chi connectivity index (χ0n) is 17.2. The number of hydrogen-bond donors (Lipinski definition) is 1. The van der Waals surface area contributed by atoms with E-state index in [0.29, 0.717) is 37.3 Å². The van der Waals surface area contributed by atoms with Crippen LogP contribution in [0.1, 0.15) is 48.0 Å². The molecule has 0 bridgehead atoms. The summed E-state index contributed by atoms with van der Waals surface area (Å²) in [5, 5.41) is 2.92. The Hall–Kier alpha value is -3.02. The number of piperidine rings is 1. The maximum Gasteiger partial charge on any atom is 0.253 e. The minimum atomic E-state index is -0.0790. The lowest BCUT2D eigenvalue weighted by atomic mass is 10.1. The highest BCUT2D eigenvalue weighted by atomic mass is 16.5. The van der Waals surface area contributed by atoms with Gasteiger partial charge in [0.15, 0.2) is 11.5 Å². The fraction of sp³-hybridized carbons (Fsp3) is 0.417. The number of carbonyl (C=O) groups is 2. The summed E-state index contributed by atoms with van der Waals surface area (Å²) in [5.41, 5.74) is 2.31. The van der Waals surface area contributed by atoms with Crippen molar-refractivity contribution < 1.29 is 19.1 Å². The third kappa shape index (κ3) is 5.12. The third-order valence-electron chi connectivity index (χ3n) is 5.49. The fourth-order valence-corrected chi connectivity index (χ4v) is 3.85. The number of hydrogen-bond acceptors (Lipinski definition) is 4. The van der Waals surface area contributed by atoms with Gasteiger partial charge in [-0.2, -0.15) is 0 Å². The van der Waals surface area contributed by atoms with Crippen LogP contribution in [0.15, 0.2) is 42.5 Å². The van der Waals surface area contributed by atoms with Gasteiger partial charge >= 0.3 is 0 Å². The Labute approximate surface area is 177 Å². The second-order valence-electron chi connectivity index (χ2n) is 7.81. The Morgan fingerprint density at radius 1 is 0.900 bits per heavy atom. The molecule has 1 fully saturated rings. The lowest BCUT2D eigenvalue weighted by molar-refractivity contribution is -0.116. The van der Waals surface area contributed by atoms with Crippen molar-refractivity contribution in [3.8, 4) is 11.5 Å². The molecule has 0 radical (unpaired) electrons. The second-order valence-corrected chi connectivity index (χ2v) is 7.81. The van der Waals surface area contributed by atoms with E-state index in [-0.39, 0.29) is 11.8 Å². The molecule has 2 aliphatic heterocycles. The Morgan fingerprint density at radius 3 is 2.53 bits per heavy atom. The summed E-state index contributed by atoms with van der Waals surface area (Å²) < 4.78 is 11.4. The van der Waals surface area contributed by atoms with E-state index >= 15 is 0 Å². The van der Waals surface area contributed by atoms with Crippen molar-refractivity contribution in [1.82, 2.24) is 4.90 Å². The summed E-state index contributed by atoms with van der Waals surface area (Å²) in [6.45, 7) is 2.92. The van der Waals surface area contributed by atoms with Crippen molar-refractivity contribution in [3.63, 3.8) is 0 Å². The quantitative estimate of drug-likeness (QED) is 0.811. The molecule has 0 atom stereocenters. The first-order valence-corrected chi connectivity index (χ1v) is 10.8. The number of benzene rings is 2. The van der Waals surface area contributed by atoms with Gasteiger partial charge in [-0.15, -0.1) is 0 Å². The standard InChI is InChI=1S/C24H28N2O4/c27-23(11-9-18-8-10-21-22(16-18)30-15-5-14-29-21)25-20-7-4-6-19(17-20)24(28)26-12-2-1-3-13-26/h4,6-8,10,16-17H,1-3,5,9,11-15H2,(H,25,27). The van der Waals surface area contributed by atoms with Crippen LogP contribution in [0.25, 0.3) is 0 Å². The smallest absolute Gasteiger partial charge is 0.253 e. The number of fused-ring (bicyclic) bond motifs is 1. The van der Waals surface area contributed by atoms with Gasteiger partial charge in [0.25, 0.3) is 5.91 Å². The number of aryl methyl sites for hydroxylation is 1. The molecule has 0 unspecified atom stereocenters. The van der Waals surface area contributed by atoms with Crippen molar-refractivity contribution in [2.45, 2.75) is 38.5 Å². The minimum absolute atomic E-state index is 0.0398. The summed E-state index contributed by atoms with van der Waals surface area (Å²) in [6, 6.07) is 13.0. The van der Waals surface area contributed by atoms with Gasteiger partial charge in [-0.25, -0.2) is 0 Å². The van der Waals surface area contributed by atoms with Gasteiger partial charge in [0, 0.05) is 37.2 Å². The zero-order valence-corrected chi connectivity index (χ0v) is 17.2. The second kappa shape index (κ2) is 9.65. The van der Waals surface area contributed by atoms with Crippen molar-refractivity contribution in [2.75, 3.05) is 31.6 Å². The average molecular weight is 408 g/mol. The van der Waals surface area contributed by atoms with Crippen molar-refractivity contribution in [3.05, 3.63) is 53.6 Å². The lowest BCUT2D eigenvalue weighted by Gasteiger charge is -2.26. The Kier molecular flexibility index (Phi) is 6.52. The molecule has 2 aromatic carbocycles. The summed E-state index contributed by atoms with van der Waals surface area (Å²) in [6.07, 6.45) is 5.12. The van der Waals surface area contributed by atoms with E-state index in [4.69, 9.17) is 9.47 Å². The largest absolute Gasteiger partial charge is 0.490 e. The molecule has 4 rings (SSSR count). The van der Waals surface area contributed by atoms with Crippen LogP contribution in [0.3, 0.4) is 0 Å². The monoisotopic (exact) mass is 408 g/mol. The number of nitrogens with one attached hydrogen (secondary N) is 1. The summed E-state index contributed by atoms with van der Waals surface area (Å²) in [4.78, 5) is 27.0. The molecule has 0 spiro atoms. The van der Waals surface area contributed by atoms with E-state index < -0.39 is 0 Å². The first kappa shape index (κ1) is 20.3. The molecule has 1 N–H and O–H groups in total. The van der Waals surface area contributed by atoms with Gasteiger partial charge in [-0.1, -0.05) is 12.1 Å². The maximum absolute atomic E-state index is 12.7. The highest BCUT2D eigenvalue weighted by Crippen LogP contribution is 2.30. The predicted molar refractivity (Wildman–Crippen MR) is 115 cm³/mol. The molecule has 2 amide bonds. The summed E-state index contributed by atoms with van der Waals surface area (Å²) in [7, 11) is 0. The van der Waals surface area contributed by atoms with E-state index in [2.05, 4.69) is 5.32 Å². The number of anilines is 1. The Balaban J connectivity index is 1.33. The van der Waals surface area contributed by atoms with Crippen LogP contribution < -0.4 is 14.8 Å². The molecular formula is C24H28N2O4. The Bertz CT molecular complexity index is 906. The van der Waals surface area contributed by atoms with Gasteiger partial charge in [-0.05, 0) is 61.6 Å². The van der Waals surface area contributed by atoms with Crippen LogP contribution in [0.5, 0.6) is 11.5 Å². The molecule has 1 saturated heterocycles. The van der Waals surface area contributed by atoms with Gasteiger partial charge in [-0.3, -0.25) is 9.59 Å². The van der Waals surface area contributed by atoms with Crippen LogP contribution in [0.2, 0.25) is 0 Å². The molecule has 158 valence electrons. The number of likely N-dealkylation sites (tertiary alicyclic amines) is 1. The molecule has 2 aliphatic rings. The van der Waals surface area contributed by atoms with Crippen molar-refractivity contribution in [1.29, 1.82) is 0 Å². The lowest BCUT2D eigenvalue weighted by Crippen LogP contribution is -2.35. The van der Waals surface area contributed by atoms with E-state index in [0.717, 1.165) is 49.4 Å². The number of ether oxygens (including phenoxy) is 2. The normalized spacial score (nSPS) is 15.9. The van der Waals surface area contributed by atoms with Crippen LogP contribution in [-0.4, -0.2) is 43.0 Å². The highest BCUT2D eigenvalue weighted by Gasteiger charge is 2.18. The first-order chi connectivity index (χ1) is 14.7. The van der Waals surface area contributed by atoms with E-state index in [9.17, 15) is 9.59 Å². The van der Waals surface area contributed by atoms with Gasteiger partial charge in [0.05, 0.1) is 13.2 Å². The van der Waals surface area contributed by atoms with Gasteiger partial charge in [0.2, 0.25) is 5.91 Å². The number of amides is 2. The van der Waals surface area contributed by atoms with E-state index in [1.165, 1.54) is 6.42 Å².